The summed E-state index contributed by atoms with van der Waals surface area (Å²) in [4.78, 5) is 0. The van der Waals surface area contributed by atoms with Gasteiger partial charge < -0.3 is 10.2 Å². The molecule has 112 valence electrons. The molecule has 0 saturated carbocycles. The van der Waals surface area contributed by atoms with Crippen LogP contribution in [0.2, 0.25) is 0 Å². The largest absolute Gasteiger partial charge is 0.386 e. The van der Waals surface area contributed by atoms with Gasteiger partial charge in [-0.3, -0.25) is 0 Å². The molecule has 2 aliphatic carbocycles. The first-order chi connectivity index (χ1) is 11.1. The topological polar surface area (TPSA) is 40.5 Å². The molecule has 23 heavy (non-hydrogen) atoms. The van der Waals surface area contributed by atoms with E-state index in [1.165, 1.54) is 0 Å². The lowest BCUT2D eigenvalue weighted by atomic mass is 9.87. The number of hydrogen-bond acceptors (Lipinski definition) is 2. The summed E-state index contributed by atoms with van der Waals surface area (Å²) in [5.41, 5.74) is 4.95. The highest BCUT2D eigenvalue weighted by molar-refractivity contribution is 6.15. The molecule has 3 heteroatoms. The van der Waals surface area contributed by atoms with Crippen molar-refractivity contribution < 1.29 is 14.6 Å². The molecule has 0 radical (unpaired) electrons. The molecule has 2 atom stereocenters. The van der Waals surface area contributed by atoms with Crippen LogP contribution in [-0.4, -0.2) is 16.3 Å². The van der Waals surface area contributed by atoms with Crippen molar-refractivity contribution in [3.8, 4) is 22.3 Å². The van der Waals surface area contributed by atoms with Crippen molar-refractivity contribution in [3.63, 3.8) is 0 Å². The Labute approximate surface area is 132 Å². The van der Waals surface area contributed by atoms with Crippen molar-refractivity contribution in [2.24, 2.45) is 0 Å². The van der Waals surface area contributed by atoms with Gasteiger partial charge in [-0.25, -0.2) is 4.39 Å². The summed E-state index contributed by atoms with van der Waals surface area (Å²) >= 11 is 0. The van der Waals surface area contributed by atoms with Crippen LogP contribution in [0, 0.1) is 0 Å². The number of aliphatic hydroxyl groups excluding tert-OH is 2. The van der Waals surface area contributed by atoms with E-state index >= 15 is 0 Å². The Morgan fingerprint density at radius 3 is 2.13 bits per heavy atom. The smallest absolute Gasteiger partial charge is 0.129 e. The molecule has 0 spiro atoms. The van der Waals surface area contributed by atoms with E-state index in [0.717, 1.165) is 39.1 Å². The third kappa shape index (κ3) is 1.58. The fourth-order valence-electron chi connectivity index (χ4n) is 3.82. The summed E-state index contributed by atoms with van der Waals surface area (Å²) in [7, 11) is 0. The fourth-order valence-corrected chi connectivity index (χ4v) is 3.82. The number of hydrogen-bond donors (Lipinski definition) is 2. The van der Waals surface area contributed by atoms with Crippen LogP contribution < -0.4 is 0 Å². The van der Waals surface area contributed by atoms with Crippen LogP contribution in [0.3, 0.4) is 0 Å². The van der Waals surface area contributed by atoms with E-state index in [-0.39, 0.29) is 0 Å². The Morgan fingerprint density at radius 2 is 1.43 bits per heavy atom. The van der Waals surface area contributed by atoms with Crippen molar-refractivity contribution in [1.82, 2.24) is 0 Å². The number of benzene rings is 3. The summed E-state index contributed by atoms with van der Waals surface area (Å²) in [5.74, 6) is -0.483. The molecule has 2 nitrogen and oxygen atoms in total. The SMILES string of the molecule is OC1C=C(F)c2cc3c(cc2C1O)-c1cccc2cccc-3c12. The molecule has 0 saturated heterocycles. The van der Waals surface area contributed by atoms with Crippen molar-refractivity contribution in [3.05, 3.63) is 65.7 Å². The molecular formula is C20H13FO2. The maximum atomic E-state index is 14.3. The molecule has 3 aromatic carbocycles. The minimum atomic E-state index is -1.21. The second kappa shape index (κ2) is 4.28. The molecule has 0 aromatic heterocycles. The number of rotatable bonds is 0. The van der Waals surface area contributed by atoms with Crippen LogP contribution in [-0.2, 0) is 0 Å². The highest BCUT2D eigenvalue weighted by atomic mass is 19.1. The van der Waals surface area contributed by atoms with Gasteiger partial charge in [0.25, 0.3) is 0 Å². The maximum absolute atomic E-state index is 14.3. The van der Waals surface area contributed by atoms with Crippen molar-refractivity contribution in [2.45, 2.75) is 12.2 Å². The molecule has 3 aromatic rings. The van der Waals surface area contributed by atoms with Gasteiger partial charge in [0.05, 0.1) is 0 Å². The minimum absolute atomic E-state index is 0.367. The van der Waals surface area contributed by atoms with Gasteiger partial charge >= 0.3 is 0 Å². The Bertz CT molecular complexity index is 1010. The highest BCUT2D eigenvalue weighted by Gasteiger charge is 2.31. The average Bonchev–Trinajstić information content (AvgIpc) is 2.88. The first kappa shape index (κ1) is 13.0. The lowest BCUT2D eigenvalue weighted by Crippen LogP contribution is -2.20. The number of aliphatic hydroxyl groups is 2. The van der Waals surface area contributed by atoms with Crippen LogP contribution in [0.5, 0.6) is 0 Å². The summed E-state index contributed by atoms with van der Waals surface area (Å²) < 4.78 is 14.3. The van der Waals surface area contributed by atoms with E-state index in [4.69, 9.17) is 0 Å². The fraction of sp³-hybridized carbons (Fsp3) is 0.100. The van der Waals surface area contributed by atoms with Crippen molar-refractivity contribution in [1.29, 1.82) is 0 Å². The molecule has 2 unspecified atom stereocenters. The third-order valence-electron chi connectivity index (χ3n) is 4.89. The predicted molar refractivity (Wildman–Crippen MR) is 88.4 cm³/mol. The highest BCUT2D eigenvalue weighted by Crippen LogP contribution is 2.50. The molecule has 5 rings (SSSR count). The zero-order valence-electron chi connectivity index (χ0n) is 12.1. The van der Waals surface area contributed by atoms with Gasteiger partial charge in [0, 0.05) is 5.56 Å². The van der Waals surface area contributed by atoms with Gasteiger partial charge in [-0.05, 0) is 56.8 Å². The number of halogens is 1. The second-order valence-electron chi connectivity index (χ2n) is 6.14. The van der Waals surface area contributed by atoms with E-state index in [0.29, 0.717) is 11.1 Å². The Morgan fingerprint density at radius 1 is 0.783 bits per heavy atom. The maximum Gasteiger partial charge on any atom is 0.129 e. The molecule has 0 heterocycles. The molecule has 0 fully saturated rings. The van der Waals surface area contributed by atoms with Gasteiger partial charge in [-0.15, -0.1) is 0 Å². The minimum Gasteiger partial charge on any atom is -0.386 e. The monoisotopic (exact) mass is 304 g/mol. The van der Waals surface area contributed by atoms with Crippen molar-refractivity contribution >= 4 is 16.6 Å². The first-order valence-electron chi connectivity index (χ1n) is 7.59. The molecule has 0 amide bonds. The zero-order chi connectivity index (χ0) is 15.7. The molecule has 0 bridgehead atoms. The Balaban J connectivity index is 1.89. The van der Waals surface area contributed by atoms with E-state index in [9.17, 15) is 14.6 Å². The van der Waals surface area contributed by atoms with E-state index in [1.54, 1.807) is 6.07 Å². The van der Waals surface area contributed by atoms with Crippen LogP contribution >= 0.6 is 0 Å². The van der Waals surface area contributed by atoms with Crippen LogP contribution in [0.4, 0.5) is 4.39 Å². The molecule has 0 aliphatic heterocycles. The van der Waals surface area contributed by atoms with Crippen molar-refractivity contribution in [2.75, 3.05) is 0 Å². The standard InChI is InChI=1S/C20H13FO2/c21-17-9-18(22)20(23)16-8-14-12-6-2-4-10-3-1-5-11(19(10)12)13(14)7-15(16)17/h1-9,18,20,22-23H. The van der Waals surface area contributed by atoms with Gasteiger partial charge in [0.15, 0.2) is 0 Å². The van der Waals surface area contributed by atoms with Gasteiger partial charge in [-0.2, -0.15) is 0 Å². The summed E-state index contributed by atoms with van der Waals surface area (Å²) in [6.07, 6.45) is -1.24. The summed E-state index contributed by atoms with van der Waals surface area (Å²) in [6.45, 7) is 0. The van der Waals surface area contributed by atoms with Gasteiger partial charge in [0.2, 0.25) is 0 Å². The van der Waals surface area contributed by atoms with Gasteiger partial charge in [0.1, 0.15) is 18.0 Å². The van der Waals surface area contributed by atoms with Crippen LogP contribution in [0.1, 0.15) is 17.2 Å². The number of fused-ring (bicyclic) bond motifs is 4. The average molecular weight is 304 g/mol. The van der Waals surface area contributed by atoms with Gasteiger partial charge in [-0.1, -0.05) is 36.4 Å². The quantitative estimate of drug-likeness (QED) is 0.511. The summed E-state index contributed by atoms with van der Waals surface area (Å²) in [5, 5.41) is 22.3. The normalized spacial score (nSPS) is 21.1. The Kier molecular flexibility index (Phi) is 2.42. The Hall–Kier alpha value is -2.49. The predicted octanol–water partition coefficient (Wildman–Crippen LogP) is 4.21. The summed E-state index contributed by atoms with van der Waals surface area (Å²) in [6, 6.07) is 15.8. The molecule has 2 aliphatic rings. The van der Waals surface area contributed by atoms with E-state index in [1.807, 2.05) is 30.3 Å². The van der Waals surface area contributed by atoms with E-state index in [2.05, 4.69) is 12.1 Å². The molecule has 2 N–H and O–H groups in total. The first-order valence-corrected chi connectivity index (χ1v) is 7.59. The van der Waals surface area contributed by atoms with Crippen LogP contribution in [0.25, 0.3) is 38.9 Å². The third-order valence-corrected chi connectivity index (χ3v) is 4.89. The van der Waals surface area contributed by atoms with Crippen LogP contribution in [0.15, 0.2) is 54.6 Å². The zero-order valence-corrected chi connectivity index (χ0v) is 12.1. The second-order valence-corrected chi connectivity index (χ2v) is 6.14. The van der Waals surface area contributed by atoms with E-state index < -0.39 is 18.0 Å². The lowest BCUT2D eigenvalue weighted by molar-refractivity contribution is 0.0458. The lowest BCUT2D eigenvalue weighted by Gasteiger charge is -2.24. The molecular weight excluding hydrogens is 291 g/mol.